The Bertz CT molecular complexity index is 938. The summed E-state index contributed by atoms with van der Waals surface area (Å²) in [5.41, 5.74) is 1.43. The maximum Gasteiger partial charge on any atom is 0.194 e. The number of nitrogens with one attached hydrogen (secondary N) is 1. The van der Waals surface area contributed by atoms with E-state index in [1.54, 1.807) is 0 Å². The lowest BCUT2D eigenvalue weighted by Gasteiger charge is -2.48. The second-order valence-corrected chi connectivity index (χ2v) is 10.1. The first kappa shape index (κ1) is 25.4. The van der Waals surface area contributed by atoms with Crippen molar-refractivity contribution >= 4 is 29.9 Å². The topological polar surface area (TPSA) is 61.6 Å². The van der Waals surface area contributed by atoms with Gasteiger partial charge in [0.25, 0.3) is 0 Å². The average Bonchev–Trinajstić information content (AvgIpc) is 3.47. The van der Waals surface area contributed by atoms with Gasteiger partial charge in [0.2, 0.25) is 0 Å². The molecule has 2 aliphatic heterocycles. The number of likely N-dealkylation sites (tertiary alicyclic amines) is 2. The third-order valence-corrected chi connectivity index (χ3v) is 7.95. The van der Waals surface area contributed by atoms with Crippen LogP contribution in [0.15, 0.2) is 35.3 Å². The molecule has 34 heavy (non-hydrogen) atoms. The number of nitrogens with zero attached hydrogens (tertiary/aromatic N) is 6. The van der Waals surface area contributed by atoms with Crippen LogP contribution in [0.4, 0.5) is 0 Å². The standard InChI is InChI=1S/C26H39N7.HI/c1-20-29-30-25(31(20)2)17-27-26(28-23-12-6-7-13-23)33-16-14-24-22(19-33)11-8-15-32(24)18-21-9-4-3-5-10-21;/h3-5,9-10,22-24H,6-8,11-19H2,1-2H3,(H,27,28);1H. The zero-order valence-electron chi connectivity index (χ0n) is 20.7. The maximum atomic E-state index is 5.07. The number of aryl methyl sites for hydroxylation is 1. The molecule has 0 bridgehead atoms. The molecule has 7 nitrogen and oxygen atoms in total. The van der Waals surface area contributed by atoms with Crippen LogP contribution in [0.2, 0.25) is 0 Å². The van der Waals surface area contributed by atoms with Crippen molar-refractivity contribution in [2.45, 2.75) is 77.0 Å². The lowest BCUT2D eigenvalue weighted by atomic mass is 9.83. The van der Waals surface area contributed by atoms with Gasteiger partial charge in [-0.3, -0.25) is 4.90 Å². The fourth-order valence-corrected chi connectivity index (χ4v) is 5.94. The molecule has 1 aromatic heterocycles. The highest BCUT2D eigenvalue weighted by Gasteiger charge is 2.37. The number of piperidine rings is 2. The Morgan fingerprint density at radius 3 is 2.56 bits per heavy atom. The SMILES string of the molecule is Cc1nnc(CN=C(NC2CCCC2)N2CCC3C(CCCN3Cc3ccccc3)C2)n1C.I. The number of benzene rings is 1. The van der Waals surface area contributed by atoms with Gasteiger partial charge in [0.1, 0.15) is 12.4 Å². The lowest BCUT2D eigenvalue weighted by molar-refractivity contribution is 0.0370. The van der Waals surface area contributed by atoms with Gasteiger partial charge in [-0.05, 0) is 57.1 Å². The van der Waals surface area contributed by atoms with E-state index in [1.807, 2.05) is 18.5 Å². The molecular formula is C26H40IN7. The largest absolute Gasteiger partial charge is 0.353 e. The monoisotopic (exact) mass is 577 g/mol. The van der Waals surface area contributed by atoms with E-state index in [1.165, 1.54) is 57.1 Å². The zero-order chi connectivity index (χ0) is 22.6. The Labute approximate surface area is 221 Å². The Balaban J connectivity index is 0.00000274. The number of aliphatic imine (C=N–C) groups is 1. The first-order chi connectivity index (χ1) is 16.2. The molecule has 5 rings (SSSR count). The van der Waals surface area contributed by atoms with Crippen molar-refractivity contribution in [3.63, 3.8) is 0 Å². The van der Waals surface area contributed by atoms with Crippen LogP contribution >= 0.6 is 24.0 Å². The van der Waals surface area contributed by atoms with E-state index < -0.39 is 0 Å². The molecule has 8 heteroatoms. The molecule has 0 amide bonds. The number of hydrogen-bond donors (Lipinski definition) is 1. The van der Waals surface area contributed by atoms with Crippen molar-refractivity contribution in [2.24, 2.45) is 18.0 Å². The second kappa shape index (κ2) is 11.8. The van der Waals surface area contributed by atoms with Gasteiger partial charge in [0.15, 0.2) is 11.8 Å². The van der Waals surface area contributed by atoms with E-state index in [2.05, 4.69) is 55.6 Å². The van der Waals surface area contributed by atoms with Gasteiger partial charge < -0.3 is 14.8 Å². The molecule has 3 aliphatic rings. The van der Waals surface area contributed by atoms with E-state index in [0.29, 0.717) is 24.5 Å². The minimum Gasteiger partial charge on any atom is -0.353 e. The average molecular weight is 578 g/mol. The maximum absolute atomic E-state index is 5.07. The molecule has 1 aliphatic carbocycles. The quantitative estimate of drug-likeness (QED) is 0.329. The first-order valence-electron chi connectivity index (χ1n) is 12.9. The molecule has 2 unspecified atom stereocenters. The molecular weight excluding hydrogens is 537 g/mol. The Morgan fingerprint density at radius 2 is 1.82 bits per heavy atom. The minimum absolute atomic E-state index is 0. The van der Waals surface area contributed by atoms with Gasteiger partial charge in [-0.2, -0.15) is 0 Å². The zero-order valence-corrected chi connectivity index (χ0v) is 23.0. The van der Waals surface area contributed by atoms with Crippen LogP contribution in [-0.2, 0) is 20.1 Å². The summed E-state index contributed by atoms with van der Waals surface area (Å²) in [4.78, 5) is 10.4. The summed E-state index contributed by atoms with van der Waals surface area (Å²) in [5, 5.41) is 12.4. The highest BCUT2D eigenvalue weighted by molar-refractivity contribution is 14.0. The number of halogens is 1. The number of rotatable bonds is 5. The highest BCUT2D eigenvalue weighted by Crippen LogP contribution is 2.32. The van der Waals surface area contributed by atoms with Crippen molar-refractivity contribution in [3.8, 4) is 0 Å². The highest BCUT2D eigenvalue weighted by atomic mass is 127. The Kier molecular flexibility index (Phi) is 8.85. The van der Waals surface area contributed by atoms with Gasteiger partial charge in [0.05, 0.1) is 0 Å². The number of aromatic nitrogens is 3. The minimum atomic E-state index is 0. The molecule has 2 atom stereocenters. The van der Waals surface area contributed by atoms with Crippen LogP contribution in [-0.4, -0.2) is 62.2 Å². The molecule has 3 heterocycles. The molecule has 0 radical (unpaired) electrons. The fourth-order valence-electron chi connectivity index (χ4n) is 5.94. The smallest absolute Gasteiger partial charge is 0.194 e. The van der Waals surface area contributed by atoms with Gasteiger partial charge in [-0.25, -0.2) is 4.99 Å². The first-order valence-corrected chi connectivity index (χ1v) is 12.9. The summed E-state index contributed by atoms with van der Waals surface area (Å²) in [6, 6.07) is 12.2. The predicted molar refractivity (Wildman–Crippen MR) is 147 cm³/mol. The van der Waals surface area contributed by atoms with E-state index in [9.17, 15) is 0 Å². The number of guanidine groups is 1. The molecule has 2 aromatic rings. The summed E-state index contributed by atoms with van der Waals surface area (Å²) in [5.74, 6) is 3.66. The van der Waals surface area contributed by atoms with Crippen LogP contribution in [0.1, 0.15) is 62.2 Å². The summed E-state index contributed by atoms with van der Waals surface area (Å²) in [6.45, 7) is 7.05. The van der Waals surface area contributed by atoms with Gasteiger partial charge in [-0.15, -0.1) is 34.2 Å². The van der Waals surface area contributed by atoms with Crippen molar-refractivity contribution in [2.75, 3.05) is 19.6 Å². The number of hydrogen-bond acceptors (Lipinski definition) is 4. The number of fused-ring (bicyclic) bond motifs is 1. The van der Waals surface area contributed by atoms with Crippen molar-refractivity contribution in [1.29, 1.82) is 0 Å². The van der Waals surface area contributed by atoms with E-state index in [4.69, 9.17) is 4.99 Å². The molecule has 2 saturated heterocycles. The lowest BCUT2D eigenvalue weighted by Crippen LogP contribution is -2.57. The van der Waals surface area contributed by atoms with Crippen molar-refractivity contribution in [3.05, 3.63) is 47.5 Å². The summed E-state index contributed by atoms with van der Waals surface area (Å²) in [6.07, 6.45) is 9.00. The van der Waals surface area contributed by atoms with E-state index in [0.717, 1.165) is 37.2 Å². The fraction of sp³-hybridized carbons (Fsp3) is 0.654. The molecule has 0 spiro atoms. The van der Waals surface area contributed by atoms with Crippen molar-refractivity contribution in [1.82, 2.24) is 29.9 Å². The van der Waals surface area contributed by atoms with Crippen LogP contribution in [0.5, 0.6) is 0 Å². The second-order valence-electron chi connectivity index (χ2n) is 10.1. The molecule has 3 fully saturated rings. The Hall–Kier alpha value is -1.68. The van der Waals surface area contributed by atoms with E-state index in [-0.39, 0.29) is 24.0 Å². The normalized spacial score (nSPS) is 24.1. The summed E-state index contributed by atoms with van der Waals surface area (Å²) < 4.78 is 2.05. The van der Waals surface area contributed by atoms with Gasteiger partial charge in [0, 0.05) is 38.8 Å². The molecule has 1 aromatic carbocycles. The molecule has 1 saturated carbocycles. The Morgan fingerprint density at radius 1 is 1.03 bits per heavy atom. The van der Waals surface area contributed by atoms with Crippen LogP contribution < -0.4 is 5.32 Å². The third kappa shape index (κ3) is 5.93. The van der Waals surface area contributed by atoms with Crippen LogP contribution in [0.25, 0.3) is 0 Å². The van der Waals surface area contributed by atoms with Gasteiger partial charge in [-0.1, -0.05) is 43.2 Å². The third-order valence-electron chi connectivity index (χ3n) is 7.95. The van der Waals surface area contributed by atoms with Gasteiger partial charge >= 0.3 is 0 Å². The van der Waals surface area contributed by atoms with Crippen LogP contribution in [0.3, 0.4) is 0 Å². The van der Waals surface area contributed by atoms with Crippen LogP contribution in [0, 0.1) is 12.8 Å². The summed E-state index contributed by atoms with van der Waals surface area (Å²) in [7, 11) is 2.03. The summed E-state index contributed by atoms with van der Waals surface area (Å²) >= 11 is 0. The van der Waals surface area contributed by atoms with Crippen molar-refractivity contribution < 1.29 is 0 Å². The molecule has 1 N–H and O–H groups in total. The predicted octanol–water partition coefficient (Wildman–Crippen LogP) is 4.12. The van der Waals surface area contributed by atoms with E-state index >= 15 is 0 Å². The molecule has 186 valence electrons.